The van der Waals surface area contributed by atoms with Crippen molar-refractivity contribution >= 4 is 47.2 Å². The Hall–Kier alpha value is -0.680. The Morgan fingerprint density at radius 1 is 1.26 bits per heavy atom. The van der Waals surface area contributed by atoms with Gasteiger partial charge in [-0.3, -0.25) is 4.79 Å². The number of benzene rings is 1. The van der Waals surface area contributed by atoms with Crippen molar-refractivity contribution in [2.45, 2.75) is 12.8 Å². The highest BCUT2D eigenvalue weighted by molar-refractivity contribution is 6.37. The molecule has 1 aliphatic heterocycles. The van der Waals surface area contributed by atoms with Crippen LogP contribution in [0.1, 0.15) is 12.8 Å². The zero-order valence-electron chi connectivity index (χ0n) is 10.1. The van der Waals surface area contributed by atoms with Crippen molar-refractivity contribution in [1.29, 1.82) is 0 Å². The number of piperidine rings is 1. The molecular weight excluding hydrogens is 311 g/mol. The normalized spacial score (nSPS) is 15.7. The molecule has 3 N–H and O–H groups in total. The number of phenolic OH excluding ortho intramolecular Hbond substituents is 1. The molecular formula is C12H15Cl3N2O2. The fourth-order valence-electron chi connectivity index (χ4n) is 1.97. The summed E-state index contributed by atoms with van der Waals surface area (Å²) in [6, 6.07) is 2.98. The Bertz CT molecular complexity index is 439. The average molecular weight is 326 g/mol. The standard InChI is InChI=1S/C12H14Cl2N2O2.ClH/c13-9-5-8(6-10(14)11(9)17)16-12(18)7-1-3-15-4-2-7;/h5-7,15,17H,1-4H2,(H,16,18);1H. The van der Waals surface area contributed by atoms with E-state index in [0.717, 1.165) is 25.9 Å². The summed E-state index contributed by atoms with van der Waals surface area (Å²) in [4.78, 5) is 12.0. The van der Waals surface area contributed by atoms with E-state index < -0.39 is 0 Å². The number of nitrogens with one attached hydrogen (secondary N) is 2. The minimum Gasteiger partial charge on any atom is -0.505 e. The molecule has 1 aromatic rings. The first-order chi connectivity index (χ1) is 8.58. The lowest BCUT2D eigenvalue weighted by molar-refractivity contribution is -0.120. The summed E-state index contributed by atoms with van der Waals surface area (Å²) >= 11 is 11.6. The Morgan fingerprint density at radius 3 is 2.32 bits per heavy atom. The lowest BCUT2D eigenvalue weighted by atomic mass is 9.97. The summed E-state index contributed by atoms with van der Waals surface area (Å²) in [6.07, 6.45) is 1.65. The molecule has 1 heterocycles. The SMILES string of the molecule is Cl.O=C(Nc1cc(Cl)c(O)c(Cl)c1)C1CCNCC1. The van der Waals surface area contributed by atoms with Crippen molar-refractivity contribution < 1.29 is 9.90 Å². The summed E-state index contributed by atoms with van der Waals surface area (Å²) in [6.45, 7) is 1.71. The summed E-state index contributed by atoms with van der Waals surface area (Å²) < 4.78 is 0. The molecule has 1 aliphatic rings. The summed E-state index contributed by atoms with van der Waals surface area (Å²) in [5.74, 6) is -0.190. The number of phenols is 1. The maximum atomic E-state index is 12.0. The Labute approximate surface area is 127 Å². The molecule has 1 aromatic carbocycles. The Kier molecular flexibility index (Phi) is 6.20. The first-order valence-corrected chi connectivity index (χ1v) is 6.53. The van der Waals surface area contributed by atoms with Crippen molar-refractivity contribution in [2.75, 3.05) is 18.4 Å². The number of rotatable bonds is 2. The van der Waals surface area contributed by atoms with Crippen molar-refractivity contribution in [3.05, 3.63) is 22.2 Å². The number of amides is 1. The Morgan fingerprint density at radius 2 is 1.79 bits per heavy atom. The van der Waals surface area contributed by atoms with E-state index in [-0.39, 0.29) is 40.0 Å². The number of carbonyl (C=O) groups is 1. The van der Waals surface area contributed by atoms with E-state index in [1.165, 1.54) is 12.1 Å². The summed E-state index contributed by atoms with van der Waals surface area (Å²) in [5.41, 5.74) is 0.506. The Balaban J connectivity index is 0.00000180. The van der Waals surface area contributed by atoms with E-state index in [1.807, 2.05) is 0 Å². The molecule has 0 spiro atoms. The monoisotopic (exact) mass is 324 g/mol. The van der Waals surface area contributed by atoms with Crippen LogP contribution >= 0.6 is 35.6 Å². The van der Waals surface area contributed by atoms with Gasteiger partial charge in [-0.05, 0) is 38.1 Å². The fraction of sp³-hybridized carbons (Fsp3) is 0.417. The van der Waals surface area contributed by atoms with Crippen LogP contribution < -0.4 is 10.6 Å². The van der Waals surface area contributed by atoms with Gasteiger partial charge in [-0.25, -0.2) is 0 Å². The van der Waals surface area contributed by atoms with Crippen LogP contribution in [0.5, 0.6) is 5.75 Å². The van der Waals surface area contributed by atoms with E-state index in [9.17, 15) is 9.90 Å². The second kappa shape index (κ2) is 7.20. The van der Waals surface area contributed by atoms with Crippen LogP contribution in [-0.4, -0.2) is 24.1 Å². The van der Waals surface area contributed by atoms with Crippen molar-refractivity contribution in [2.24, 2.45) is 5.92 Å². The average Bonchev–Trinajstić information content (AvgIpc) is 2.37. The van der Waals surface area contributed by atoms with E-state index >= 15 is 0 Å². The topological polar surface area (TPSA) is 61.4 Å². The molecule has 7 heteroatoms. The molecule has 0 atom stereocenters. The van der Waals surface area contributed by atoms with Gasteiger partial charge in [0.1, 0.15) is 0 Å². The molecule has 4 nitrogen and oxygen atoms in total. The van der Waals surface area contributed by atoms with E-state index in [2.05, 4.69) is 10.6 Å². The summed E-state index contributed by atoms with van der Waals surface area (Å²) in [7, 11) is 0. The van der Waals surface area contributed by atoms with Crippen molar-refractivity contribution in [3.63, 3.8) is 0 Å². The molecule has 19 heavy (non-hydrogen) atoms. The zero-order chi connectivity index (χ0) is 13.1. The van der Waals surface area contributed by atoms with Gasteiger partial charge in [-0.2, -0.15) is 0 Å². The van der Waals surface area contributed by atoms with Gasteiger partial charge in [0.25, 0.3) is 0 Å². The molecule has 1 fully saturated rings. The molecule has 0 aliphatic carbocycles. The van der Waals surface area contributed by atoms with Gasteiger partial charge in [0, 0.05) is 11.6 Å². The number of hydrogen-bond donors (Lipinski definition) is 3. The molecule has 0 radical (unpaired) electrons. The predicted octanol–water partition coefficient (Wildman–Crippen LogP) is 3.06. The largest absolute Gasteiger partial charge is 0.505 e. The quantitative estimate of drug-likeness (QED) is 0.732. The first kappa shape index (κ1) is 16.4. The van der Waals surface area contributed by atoms with Crippen LogP contribution in [0, 0.1) is 5.92 Å². The van der Waals surface area contributed by atoms with Crippen LogP contribution in [0.15, 0.2) is 12.1 Å². The lowest BCUT2D eigenvalue weighted by Gasteiger charge is -2.21. The minimum atomic E-state index is -0.168. The minimum absolute atomic E-state index is 0. The fourth-order valence-corrected chi connectivity index (χ4v) is 2.45. The van der Waals surface area contributed by atoms with Crippen LogP contribution in [0.2, 0.25) is 10.0 Å². The second-order valence-electron chi connectivity index (χ2n) is 4.30. The van der Waals surface area contributed by atoms with E-state index in [1.54, 1.807) is 0 Å². The second-order valence-corrected chi connectivity index (χ2v) is 5.12. The van der Waals surface area contributed by atoms with Gasteiger partial charge in [0.05, 0.1) is 10.0 Å². The third-order valence-corrected chi connectivity index (χ3v) is 3.57. The highest BCUT2D eigenvalue weighted by Gasteiger charge is 2.21. The molecule has 1 amide bonds. The molecule has 1 saturated heterocycles. The number of hydrogen-bond acceptors (Lipinski definition) is 3. The smallest absolute Gasteiger partial charge is 0.227 e. The molecule has 0 aromatic heterocycles. The van der Waals surface area contributed by atoms with Gasteiger partial charge < -0.3 is 15.7 Å². The molecule has 0 bridgehead atoms. The maximum absolute atomic E-state index is 12.0. The van der Waals surface area contributed by atoms with E-state index in [4.69, 9.17) is 23.2 Å². The van der Waals surface area contributed by atoms with E-state index in [0.29, 0.717) is 5.69 Å². The third-order valence-electron chi connectivity index (χ3n) is 2.99. The first-order valence-electron chi connectivity index (χ1n) is 5.77. The lowest BCUT2D eigenvalue weighted by Crippen LogP contribution is -2.34. The zero-order valence-corrected chi connectivity index (χ0v) is 12.4. The van der Waals surface area contributed by atoms with Gasteiger partial charge in [0.15, 0.2) is 5.75 Å². The van der Waals surface area contributed by atoms with Gasteiger partial charge in [-0.15, -0.1) is 12.4 Å². The molecule has 2 rings (SSSR count). The molecule has 0 unspecified atom stereocenters. The van der Waals surface area contributed by atoms with Crippen LogP contribution in [0.4, 0.5) is 5.69 Å². The number of halogens is 3. The van der Waals surface area contributed by atoms with Gasteiger partial charge >= 0.3 is 0 Å². The van der Waals surface area contributed by atoms with Gasteiger partial charge in [-0.1, -0.05) is 23.2 Å². The van der Waals surface area contributed by atoms with Crippen LogP contribution in [-0.2, 0) is 4.79 Å². The number of aromatic hydroxyl groups is 1. The molecule has 0 saturated carbocycles. The van der Waals surface area contributed by atoms with Gasteiger partial charge in [0.2, 0.25) is 5.91 Å². The van der Waals surface area contributed by atoms with Crippen molar-refractivity contribution in [3.8, 4) is 5.75 Å². The maximum Gasteiger partial charge on any atom is 0.227 e. The molecule has 106 valence electrons. The third kappa shape index (κ3) is 4.14. The van der Waals surface area contributed by atoms with Crippen LogP contribution in [0.25, 0.3) is 0 Å². The highest BCUT2D eigenvalue weighted by atomic mass is 35.5. The highest BCUT2D eigenvalue weighted by Crippen LogP contribution is 2.34. The van der Waals surface area contributed by atoms with Crippen molar-refractivity contribution in [1.82, 2.24) is 5.32 Å². The summed E-state index contributed by atoms with van der Waals surface area (Å²) in [5, 5.41) is 15.7. The predicted molar refractivity (Wildman–Crippen MR) is 79.6 cm³/mol. The number of anilines is 1. The number of carbonyl (C=O) groups excluding carboxylic acids is 1. The van der Waals surface area contributed by atoms with Crippen LogP contribution in [0.3, 0.4) is 0 Å².